The SMILES string of the molecule is C=C(C)C(=O)OCCOC(=O)CCNC(=O)Nc1ccccc1NC(=O)NCCC(=O)OCCOC(=O)C(=C)C. The molecule has 0 saturated heterocycles. The Balaban J connectivity index is 2.31. The van der Waals surface area contributed by atoms with Crippen LogP contribution in [0, 0.1) is 0 Å². The summed E-state index contributed by atoms with van der Waals surface area (Å²) in [6.07, 6.45) is -0.238. The maximum atomic E-state index is 12.2. The number of rotatable bonds is 16. The molecule has 4 N–H and O–H groups in total. The Morgan fingerprint density at radius 3 is 1.32 bits per heavy atom. The summed E-state index contributed by atoms with van der Waals surface area (Å²) < 4.78 is 19.4. The van der Waals surface area contributed by atoms with E-state index in [1.54, 1.807) is 24.3 Å². The molecule has 4 amide bonds. The zero-order valence-corrected chi connectivity index (χ0v) is 22.5. The molecule has 0 aromatic heterocycles. The Bertz CT molecular complexity index is 1020. The lowest BCUT2D eigenvalue weighted by molar-refractivity contribution is -0.150. The molecule has 14 nitrogen and oxygen atoms in total. The Morgan fingerprint density at radius 1 is 0.625 bits per heavy atom. The molecular weight excluding hydrogens is 528 g/mol. The summed E-state index contributed by atoms with van der Waals surface area (Å²) in [7, 11) is 0. The van der Waals surface area contributed by atoms with Gasteiger partial charge in [-0.05, 0) is 26.0 Å². The number of urea groups is 2. The minimum absolute atomic E-state index is 0.0290. The number of para-hydroxylation sites is 2. The van der Waals surface area contributed by atoms with E-state index < -0.39 is 35.9 Å². The number of carbonyl (C=O) groups is 6. The molecule has 0 unspecified atom stereocenters. The van der Waals surface area contributed by atoms with Crippen molar-refractivity contribution in [2.45, 2.75) is 26.7 Å². The molecule has 0 bridgehead atoms. The van der Waals surface area contributed by atoms with Crippen molar-refractivity contribution in [2.75, 3.05) is 50.2 Å². The van der Waals surface area contributed by atoms with E-state index in [0.717, 1.165) is 0 Å². The lowest BCUT2D eigenvalue weighted by atomic mass is 10.2. The van der Waals surface area contributed by atoms with Crippen molar-refractivity contribution in [3.8, 4) is 0 Å². The van der Waals surface area contributed by atoms with E-state index in [0.29, 0.717) is 0 Å². The van der Waals surface area contributed by atoms with Gasteiger partial charge in [0.05, 0.1) is 24.2 Å². The first kappa shape index (κ1) is 33.1. The van der Waals surface area contributed by atoms with Gasteiger partial charge in [0.15, 0.2) is 0 Å². The fourth-order valence-corrected chi connectivity index (χ4v) is 2.56. The third-order valence-electron chi connectivity index (χ3n) is 4.51. The monoisotopic (exact) mass is 562 g/mol. The number of esters is 4. The van der Waals surface area contributed by atoms with Crippen LogP contribution in [0.1, 0.15) is 26.7 Å². The van der Waals surface area contributed by atoms with Crippen LogP contribution in [0.15, 0.2) is 48.6 Å². The number of amides is 4. The number of anilines is 2. The lowest BCUT2D eigenvalue weighted by Gasteiger charge is -2.13. The van der Waals surface area contributed by atoms with Crippen LogP contribution in [-0.4, -0.2) is 75.5 Å². The average Bonchev–Trinajstić information content (AvgIpc) is 2.89. The van der Waals surface area contributed by atoms with Gasteiger partial charge < -0.3 is 40.2 Å². The number of nitrogens with one attached hydrogen (secondary N) is 4. The molecule has 218 valence electrons. The standard InChI is InChI=1S/C26H34N4O10/c1-17(2)23(33)39-15-13-37-21(31)9-11-27-25(35)29-19-7-5-6-8-20(19)30-26(36)28-12-10-22(32)38-14-16-40-24(34)18(3)4/h5-8H,1,3,9-16H2,2,4H3,(H2,27,29,35)(H2,28,30,36). The van der Waals surface area contributed by atoms with Crippen LogP contribution in [0.25, 0.3) is 0 Å². The number of carbonyl (C=O) groups excluding carboxylic acids is 6. The summed E-state index contributed by atoms with van der Waals surface area (Å²) in [4.78, 5) is 70.3. The summed E-state index contributed by atoms with van der Waals surface area (Å²) in [6.45, 7) is 9.32. The molecule has 0 spiro atoms. The minimum atomic E-state index is -0.630. The van der Waals surface area contributed by atoms with Gasteiger partial charge in [-0.15, -0.1) is 0 Å². The van der Waals surface area contributed by atoms with Crippen LogP contribution in [0.5, 0.6) is 0 Å². The number of hydrogen-bond acceptors (Lipinski definition) is 10. The first-order valence-electron chi connectivity index (χ1n) is 12.1. The van der Waals surface area contributed by atoms with Gasteiger partial charge >= 0.3 is 35.9 Å². The molecule has 1 aromatic rings. The third-order valence-corrected chi connectivity index (χ3v) is 4.51. The summed E-state index contributed by atoms with van der Waals surface area (Å²) in [6, 6.07) is 5.12. The predicted molar refractivity (Wildman–Crippen MR) is 143 cm³/mol. The second-order valence-electron chi connectivity index (χ2n) is 8.08. The minimum Gasteiger partial charge on any atom is -0.462 e. The first-order chi connectivity index (χ1) is 19.0. The van der Waals surface area contributed by atoms with Crippen LogP contribution >= 0.6 is 0 Å². The van der Waals surface area contributed by atoms with E-state index in [1.165, 1.54) is 13.8 Å². The summed E-state index contributed by atoms with van der Waals surface area (Å²) in [5.74, 6) is -2.36. The number of benzene rings is 1. The Morgan fingerprint density at radius 2 is 0.975 bits per heavy atom. The van der Waals surface area contributed by atoms with Crippen LogP contribution in [-0.2, 0) is 38.1 Å². The Kier molecular flexibility index (Phi) is 15.2. The maximum Gasteiger partial charge on any atom is 0.333 e. The first-order valence-corrected chi connectivity index (χ1v) is 12.1. The fraction of sp³-hybridized carbons (Fsp3) is 0.385. The van der Waals surface area contributed by atoms with Crippen LogP contribution in [0.4, 0.5) is 21.0 Å². The van der Waals surface area contributed by atoms with Crippen molar-refractivity contribution in [3.63, 3.8) is 0 Å². The van der Waals surface area contributed by atoms with Gasteiger partial charge in [-0.25, -0.2) is 19.2 Å². The van der Waals surface area contributed by atoms with Gasteiger partial charge in [0.1, 0.15) is 26.4 Å². The van der Waals surface area contributed by atoms with Crippen molar-refractivity contribution in [2.24, 2.45) is 0 Å². The predicted octanol–water partition coefficient (Wildman–Crippen LogP) is 2.03. The maximum absolute atomic E-state index is 12.2. The quantitative estimate of drug-likeness (QED) is 0.100. The van der Waals surface area contributed by atoms with Gasteiger partial charge in [-0.1, -0.05) is 25.3 Å². The Labute approximate surface area is 231 Å². The second-order valence-corrected chi connectivity index (χ2v) is 8.08. The highest BCUT2D eigenvalue weighted by Crippen LogP contribution is 2.20. The van der Waals surface area contributed by atoms with Gasteiger partial charge in [-0.3, -0.25) is 9.59 Å². The largest absolute Gasteiger partial charge is 0.462 e. The van der Waals surface area contributed by atoms with Gasteiger partial charge in [-0.2, -0.15) is 0 Å². The lowest BCUT2D eigenvalue weighted by Crippen LogP contribution is -2.33. The molecule has 0 radical (unpaired) electrons. The highest BCUT2D eigenvalue weighted by molar-refractivity contribution is 5.98. The zero-order valence-electron chi connectivity index (χ0n) is 22.5. The normalized spacial score (nSPS) is 9.85. The molecule has 1 rings (SSSR count). The highest BCUT2D eigenvalue weighted by atomic mass is 16.6. The van der Waals surface area contributed by atoms with Crippen molar-refractivity contribution in [3.05, 3.63) is 48.6 Å². The number of ether oxygens (including phenoxy) is 4. The van der Waals surface area contributed by atoms with E-state index in [9.17, 15) is 28.8 Å². The van der Waals surface area contributed by atoms with Gasteiger partial charge in [0.2, 0.25) is 0 Å². The molecule has 0 saturated carbocycles. The number of hydrogen-bond donors (Lipinski definition) is 4. The van der Waals surface area contributed by atoms with Crippen LogP contribution in [0.2, 0.25) is 0 Å². The second kappa shape index (κ2) is 18.4. The van der Waals surface area contributed by atoms with Gasteiger partial charge in [0, 0.05) is 24.2 Å². The van der Waals surface area contributed by atoms with E-state index in [2.05, 4.69) is 34.4 Å². The van der Waals surface area contributed by atoms with Crippen molar-refractivity contribution in [1.82, 2.24) is 10.6 Å². The third kappa shape index (κ3) is 14.8. The summed E-state index contributed by atoms with van der Waals surface area (Å²) in [5, 5.41) is 10.1. The van der Waals surface area contributed by atoms with Crippen molar-refractivity contribution >= 4 is 47.3 Å². The van der Waals surface area contributed by atoms with Crippen molar-refractivity contribution in [1.29, 1.82) is 0 Å². The Hall–Kier alpha value is -4.88. The highest BCUT2D eigenvalue weighted by Gasteiger charge is 2.12. The molecule has 40 heavy (non-hydrogen) atoms. The molecule has 0 aliphatic carbocycles. The van der Waals surface area contributed by atoms with Crippen molar-refractivity contribution < 1.29 is 47.7 Å². The molecule has 0 atom stereocenters. The zero-order chi connectivity index (χ0) is 29.9. The molecule has 0 fully saturated rings. The van der Waals surface area contributed by atoms with E-state index in [-0.39, 0.29) is 74.9 Å². The van der Waals surface area contributed by atoms with Gasteiger partial charge in [0.25, 0.3) is 0 Å². The molecule has 0 aliphatic heterocycles. The molecule has 0 aliphatic rings. The molecule has 1 aromatic carbocycles. The fourth-order valence-electron chi connectivity index (χ4n) is 2.56. The van der Waals surface area contributed by atoms with E-state index in [4.69, 9.17) is 18.9 Å². The van der Waals surface area contributed by atoms with Crippen LogP contribution in [0.3, 0.4) is 0 Å². The molecular formula is C26H34N4O10. The van der Waals surface area contributed by atoms with E-state index in [1.807, 2.05) is 0 Å². The smallest absolute Gasteiger partial charge is 0.333 e. The van der Waals surface area contributed by atoms with Crippen LogP contribution < -0.4 is 21.3 Å². The van der Waals surface area contributed by atoms with E-state index >= 15 is 0 Å². The average molecular weight is 563 g/mol. The topological polar surface area (TPSA) is 187 Å². The molecule has 0 heterocycles. The molecule has 14 heteroatoms. The summed E-state index contributed by atoms with van der Waals surface area (Å²) in [5.41, 5.74) is 1.02. The summed E-state index contributed by atoms with van der Waals surface area (Å²) >= 11 is 0.